The summed E-state index contributed by atoms with van der Waals surface area (Å²) in [6.45, 7) is 1.17. The molecule has 0 aliphatic carbocycles. The number of hydrogen-bond donors (Lipinski definition) is 0. The zero-order valence-electron chi connectivity index (χ0n) is 10.5. The molecule has 7 heteroatoms. The average molecular weight is 295 g/mol. The van der Waals surface area contributed by atoms with Crippen LogP contribution in [0.25, 0.3) is 0 Å². The first-order chi connectivity index (χ1) is 9.65. The van der Waals surface area contributed by atoms with Gasteiger partial charge in [0.1, 0.15) is 5.82 Å². The Balaban J connectivity index is 1.76. The Morgan fingerprint density at radius 3 is 3.00 bits per heavy atom. The Labute approximate surface area is 119 Å². The molecule has 1 aromatic carbocycles. The third kappa shape index (κ3) is 2.38. The fourth-order valence-electron chi connectivity index (χ4n) is 2.39. The van der Waals surface area contributed by atoms with Gasteiger partial charge in [-0.1, -0.05) is 16.8 Å². The molecule has 20 heavy (non-hydrogen) atoms. The average Bonchev–Trinajstić information content (AvgIpc) is 3.09. The van der Waals surface area contributed by atoms with Crippen LogP contribution in [-0.4, -0.2) is 38.9 Å². The van der Waals surface area contributed by atoms with Crippen LogP contribution < -0.4 is 0 Å². The maximum absolute atomic E-state index is 13.0. The summed E-state index contributed by atoms with van der Waals surface area (Å²) in [7, 11) is 0. The van der Waals surface area contributed by atoms with Crippen molar-refractivity contribution in [3.63, 3.8) is 0 Å². The Morgan fingerprint density at radius 2 is 2.30 bits per heavy atom. The van der Waals surface area contributed by atoms with Crippen LogP contribution in [0.15, 0.2) is 30.6 Å². The van der Waals surface area contributed by atoms with E-state index in [4.69, 9.17) is 11.6 Å². The number of carbonyl (C=O) groups is 1. The standard InChI is InChI=1S/C13H12ClFN4O/c14-12-7-9(15)1-2-11(12)13(20)18-5-3-10(8-18)19-6-4-16-17-19/h1-2,4,6-7,10H,3,5,8H2/t10-/m1/s1. The second-order valence-electron chi connectivity index (χ2n) is 4.70. The molecule has 1 saturated heterocycles. The molecule has 1 amide bonds. The van der Waals surface area contributed by atoms with Gasteiger partial charge in [-0.3, -0.25) is 4.79 Å². The quantitative estimate of drug-likeness (QED) is 0.853. The number of carbonyl (C=O) groups excluding carboxylic acids is 1. The molecule has 1 aliphatic rings. The number of benzene rings is 1. The van der Waals surface area contributed by atoms with Crippen LogP contribution in [0.2, 0.25) is 5.02 Å². The fraction of sp³-hybridized carbons (Fsp3) is 0.308. The van der Waals surface area contributed by atoms with Gasteiger partial charge in [0.05, 0.1) is 22.8 Å². The summed E-state index contributed by atoms with van der Waals surface area (Å²) >= 11 is 5.92. The minimum absolute atomic E-state index is 0.126. The third-order valence-electron chi connectivity index (χ3n) is 3.43. The number of amides is 1. The summed E-state index contributed by atoms with van der Waals surface area (Å²) in [6.07, 6.45) is 4.21. The molecule has 2 aromatic rings. The molecule has 0 radical (unpaired) electrons. The van der Waals surface area contributed by atoms with Crippen LogP contribution in [0.4, 0.5) is 4.39 Å². The van der Waals surface area contributed by atoms with Crippen molar-refractivity contribution in [3.05, 3.63) is 47.0 Å². The van der Waals surface area contributed by atoms with Gasteiger partial charge in [0.2, 0.25) is 0 Å². The molecule has 5 nitrogen and oxygen atoms in total. The molecule has 3 rings (SSSR count). The molecular formula is C13H12ClFN4O. The first-order valence-corrected chi connectivity index (χ1v) is 6.63. The van der Waals surface area contributed by atoms with E-state index >= 15 is 0 Å². The van der Waals surface area contributed by atoms with E-state index in [1.54, 1.807) is 22.0 Å². The normalized spacial score (nSPS) is 18.5. The van der Waals surface area contributed by atoms with E-state index in [1.165, 1.54) is 12.1 Å². The van der Waals surface area contributed by atoms with Gasteiger partial charge in [0, 0.05) is 19.3 Å². The molecule has 1 aliphatic heterocycles. The van der Waals surface area contributed by atoms with E-state index in [0.717, 1.165) is 12.5 Å². The zero-order valence-corrected chi connectivity index (χ0v) is 11.3. The van der Waals surface area contributed by atoms with Crippen LogP contribution in [0.3, 0.4) is 0 Å². The van der Waals surface area contributed by atoms with E-state index in [2.05, 4.69) is 10.3 Å². The summed E-state index contributed by atoms with van der Waals surface area (Å²) < 4.78 is 14.8. The van der Waals surface area contributed by atoms with E-state index in [9.17, 15) is 9.18 Å². The van der Waals surface area contributed by atoms with Gasteiger partial charge in [-0.25, -0.2) is 9.07 Å². The lowest BCUT2D eigenvalue weighted by molar-refractivity contribution is 0.0787. The van der Waals surface area contributed by atoms with Crippen molar-refractivity contribution in [2.45, 2.75) is 12.5 Å². The number of halogens is 2. The van der Waals surface area contributed by atoms with Crippen molar-refractivity contribution in [1.82, 2.24) is 19.9 Å². The minimum Gasteiger partial charge on any atom is -0.336 e. The Kier molecular flexibility index (Phi) is 3.40. The third-order valence-corrected chi connectivity index (χ3v) is 3.74. The molecule has 0 saturated carbocycles. The summed E-state index contributed by atoms with van der Waals surface area (Å²) in [6, 6.07) is 3.94. The van der Waals surface area contributed by atoms with Gasteiger partial charge in [-0.15, -0.1) is 5.10 Å². The molecule has 0 N–H and O–H groups in total. The van der Waals surface area contributed by atoms with E-state index in [0.29, 0.717) is 18.7 Å². The van der Waals surface area contributed by atoms with Crippen LogP contribution in [0.5, 0.6) is 0 Å². The van der Waals surface area contributed by atoms with Gasteiger partial charge >= 0.3 is 0 Å². The molecule has 1 aromatic heterocycles. The smallest absolute Gasteiger partial charge is 0.255 e. The Bertz CT molecular complexity index is 631. The molecular weight excluding hydrogens is 283 g/mol. The topological polar surface area (TPSA) is 51.0 Å². The van der Waals surface area contributed by atoms with Crippen molar-refractivity contribution in [1.29, 1.82) is 0 Å². The maximum atomic E-state index is 13.0. The van der Waals surface area contributed by atoms with E-state index < -0.39 is 5.82 Å². The van der Waals surface area contributed by atoms with Gasteiger partial charge < -0.3 is 4.90 Å². The Morgan fingerprint density at radius 1 is 1.45 bits per heavy atom. The Hall–Kier alpha value is -1.95. The van der Waals surface area contributed by atoms with E-state index in [1.807, 2.05) is 0 Å². The zero-order chi connectivity index (χ0) is 14.1. The second kappa shape index (κ2) is 5.20. The van der Waals surface area contributed by atoms with Gasteiger partial charge in [0.25, 0.3) is 5.91 Å². The number of aromatic nitrogens is 3. The number of nitrogens with zero attached hydrogens (tertiary/aromatic N) is 4. The highest BCUT2D eigenvalue weighted by Crippen LogP contribution is 2.25. The number of rotatable bonds is 2. The van der Waals surface area contributed by atoms with Crippen molar-refractivity contribution >= 4 is 17.5 Å². The largest absolute Gasteiger partial charge is 0.336 e. The fourth-order valence-corrected chi connectivity index (χ4v) is 2.64. The second-order valence-corrected chi connectivity index (χ2v) is 5.11. The van der Waals surface area contributed by atoms with Crippen LogP contribution in [0, 0.1) is 5.82 Å². The van der Waals surface area contributed by atoms with E-state index in [-0.39, 0.29) is 17.0 Å². The van der Waals surface area contributed by atoms with Gasteiger partial charge in [0.15, 0.2) is 0 Å². The molecule has 0 unspecified atom stereocenters. The summed E-state index contributed by atoms with van der Waals surface area (Å²) in [4.78, 5) is 14.1. The highest BCUT2D eigenvalue weighted by atomic mass is 35.5. The summed E-state index contributed by atoms with van der Waals surface area (Å²) in [5, 5.41) is 7.85. The first kappa shape index (κ1) is 13.1. The van der Waals surface area contributed by atoms with Gasteiger partial charge in [-0.05, 0) is 24.6 Å². The van der Waals surface area contributed by atoms with Crippen LogP contribution >= 0.6 is 11.6 Å². The molecule has 0 bridgehead atoms. The molecule has 1 fully saturated rings. The predicted molar refractivity (Wildman–Crippen MR) is 71.0 cm³/mol. The lowest BCUT2D eigenvalue weighted by Crippen LogP contribution is -2.29. The molecule has 2 heterocycles. The predicted octanol–water partition coefficient (Wildman–Crippen LogP) is 2.16. The molecule has 0 spiro atoms. The first-order valence-electron chi connectivity index (χ1n) is 6.25. The van der Waals surface area contributed by atoms with Gasteiger partial charge in [-0.2, -0.15) is 0 Å². The molecule has 1 atom stereocenters. The maximum Gasteiger partial charge on any atom is 0.255 e. The monoisotopic (exact) mass is 294 g/mol. The number of likely N-dealkylation sites (tertiary alicyclic amines) is 1. The minimum atomic E-state index is -0.450. The van der Waals surface area contributed by atoms with Crippen molar-refractivity contribution in [2.24, 2.45) is 0 Å². The number of hydrogen-bond acceptors (Lipinski definition) is 3. The SMILES string of the molecule is O=C(c1ccc(F)cc1Cl)N1CC[C@@H](n2ccnn2)C1. The van der Waals surface area contributed by atoms with Crippen molar-refractivity contribution < 1.29 is 9.18 Å². The van der Waals surface area contributed by atoms with Crippen LogP contribution in [0.1, 0.15) is 22.8 Å². The lowest BCUT2D eigenvalue weighted by Gasteiger charge is -2.17. The van der Waals surface area contributed by atoms with Crippen molar-refractivity contribution in [3.8, 4) is 0 Å². The lowest BCUT2D eigenvalue weighted by atomic mass is 10.2. The summed E-state index contributed by atoms with van der Waals surface area (Å²) in [5.41, 5.74) is 0.326. The summed E-state index contributed by atoms with van der Waals surface area (Å²) in [5.74, 6) is -0.633. The molecule has 104 valence electrons. The van der Waals surface area contributed by atoms with Crippen LogP contribution in [-0.2, 0) is 0 Å². The highest BCUT2D eigenvalue weighted by molar-refractivity contribution is 6.33. The van der Waals surface area contributed by atoms with Crippen molar-refractivity contribution in [2.75, 3.05) is 13.1 Å². The highest BCUT2D eigenvalue weighted by Gasteiger charge is 2.29.